The van der Waals surface area contributed by atoms with Gasteiger partial charge in [0.05, 0.1) is 0 Å². The van der Waals surface area contributed by atoms with E-state index in [4.69, 9.17) is 31.5 Å². The topological polar surface area (TPSA) is 23.3 Å². The lowest BCUT2D eigenvalue weighted by atomic mass is 9.63. The van der Waals surface area contributed by atoms with Gasteiger partial charge >= 0.3 is 0 Å². The molecule has 0 saturated heterocycles. The van der Waals surface area contributed by atoms with Gasteiger partial charge < -0.3 is 0 Å². The summed E-state index contributed by atoms with van der Waals surface area (Å²) in [7, 11) is 12.0. The standard InChI is InChI=1S/4C19H22N.2C17H20N/c2*1-12-4-7-16(13(2)8-12)19-10-17-14-5-6-15(9-14)18(17)11-20(19)3;2*1-12-4-5-17(13(2)6-12)19-10-18-15-7-14(8-15)9-16(18)11-20(19)3;1-12-7-8-16(13(2)9-12)17-10-14-5-4-6-15(14)11-18(17)3;1-12-7-8-15(13(2)11-12)17-16-6-4-5-14(16)9-10-18(17)3/h2*4,7-8,10-11,14-15H,5-6,9H2,1-3H3;2*4-6,10-11,14-15H,7-9H2,1-3H3;2*7-11H,4-6H2,1-3H3/q6*+1/i1D3,14D,15D;;1D3,9D2,15D;;1D3,5D2;1D3,5D2,6D2. The maximum absolute atomic E-state index is 8.77. The van der Waals surface area contributed by atoms with Crippen LogP contribution < -0.4 is 27.4 Å². The molecule has 4 unspecified atom stereocenters. The molecule has 6 heterocycles. The quantitative estimate of drug-likeness (QED) is 0.148. The highest BCUT2D eigenvalue weighted by Gasteiger charge is 2.43. The van der Waals surface area contributed by atoms with E-state index >= 15 is 0 Å². The molecular weight excluding hydrogens is 1410 g/mol. The fourth-order valence-corrected chi connectivity index (χ4v) is 20.5. The number of fused-ring (bicyclic) bond motifs is 12. The average Bonchev–Trinajstić information content (AvgIpc) is 1.03. The largest absolute Gasteiger partial charge is 0.216 e. The van der Waals surface area contributed by atoms with E-state index in [1.165, 1.54) is 89.4 Å². The number of pyridine rings is 6. The summed E-state index contributed by atoms with van der Waals surface area (Å²) < 4.78 is 195. The Hall–Kier alpha value is -9.78. The predicted molar refractivity (Wildman–Crippen MR) is 476 cm³/mol. The summed E-state index contributed by atoms with van der Waals surface area (Å²) in [5, 5.41) is 0. The zero-order valence-electron chi connectivity index (χ0n) is 93.3. The van der Waals surface area contributed by atoms with Crippen LogP contribution in [0.4, 0.5) is 0 Å². The summed E-state index contributed by atoms with van der Waals surface area (Å²) in [4.78, 5) is 0. The number of benzene rings is 6. The number of rotatable bonds is 6. The molecule has 6 nitrogen and oxygen atoms in total. The first-order chi connectivity index (χ1) is 64.6. The highest BCUT2D eigenvalue weighted by atomic mass is 15.0. The van der Waals surface area contributed by atoms with Crippen molar-refractivity contribution in [3.63, 3.8) is 0 Å². The van der Waals surface area contributed by atoms with Gasteiger partial charge in [-0.2, -0.15) is 0 Å². The minimum absolute atomic E-state index is 0.0707. The molecule has 0 aliphatic heterocycles. The molecule has 12 aliphatic carbocycles. The molecule has 0 spiro atoms. The van der Waals surface area contributed by atoms with Crippen LogP contribution in [0.25, 0.3) is 67.5 Å². The SMILES string of the molecule is Cc1ccc(-c2cc3c(c[n+]2C)C2CCC3C2)c(C)c1.Cc1ccc(-c2cc3c(c[n+]2C)CC2CC3C2)c(C)c1.[2H]C([2H])([2H])c1ccc(-c2c3c(cc[n+]2C)C([2H])([2H])CC3([2H])[2H])c(C)c1.[2H]C([2H])([2H])c1ccc(-c2cc3c(c[n+]2C)C([2H])([2H])C2CC3([2H])C2)c(C)c1.[2H]C([2H])([2H])c1ccc(-c2cc3c(c[n+]2C)C2([2H])CCC3([2H])C2)c(C)c1.[2H]C([2H])([2H])c1ccc(-c2cc3c(c[n+]2C)CCC3([2H])[2H])c(C)c1. The number of aromatic nitrogens is 6. The summed E-state index contributed by atoms with van der Waals surface area (Å²) in [5.74, 6) is 1.46. The molecule has 8 bridgehead atoms. The Balaban J connectivity index is 0.000000115. The second kappa shape index (κ2) is 32.3. The van der Waals surface area contributed by atoms with Gasteiger partial charge in [-0.3, -0.25) is 0 Å². The number of aryl methyl sites for hydroxylation is 21. The molecule has 4 fully saturated rings. The molecule has 6 aromatic carbocycles. The van der Waals surface area contributed by atoms with Crippen LogP contribution in [0.3, 0.4) is 0 Å². The monoisotopic (exact) mass is 1560 g/mol. The lowest BCUT2D eigenvalue weighted by Gasteiger charge is -2.41. The van der Waals surface area contributed by atoms with Crippen LogP contribution in [0.5, 0.6) is 0 Å². The van der Waals surface area contributed by atoms with Crippen LogP contribution in [0.15, 0.2) is 183 Å². The maximum atomic E-state index is 8.77. The minimum Gasteiger partial charge on any atom is -0.201 e. The van der Waals surface area contributed by atoms with E-state index in [0.717, 1.165) is 127 Å². The van der Waals surface area contributed by atoms with Crippen LogP contribution in [-0.2, 0) is 80.6 Å². The van der Waals surface area contributed by atoms with Gasteiger partial charge in [0.15, 0.2) is 37.2 Å². The van der Waals surface area contributed by atoms with Crippen LogP contribution in [-0.4, -0.2) is 0 Å². The number of hydrogen-bond acceptors (Lipinski definition) is 0. The highest BCUT2D eigenvalue weighted by Crippen LogP contribution is 2.56. The van der Waals surface area contributed by atoms with Crippen molar-refractivity contribution < 1.29 is 58.9 Å². The van der Waals surface area contributed by atoms with Crippen molar-refractivity contribution in [1.82, 2.24) is 0 Å². The maximum Gasteiger partial charge on any atom is 0.216 e. The average molecular weight is 1560 g/mol. The zero-order valence-corrected chi connectivity index (χ0v) is 70.3. The minimum atomic E-state index is -2.20. The van der Waals surface area contributed by atoms with Crippen molar-refractivity contribution in [2.24, 2.45) is 54.1 Å². The van der Waals surface area contributed by atoms with Crippen LogP contribution >= 0.6 is 0 Å². The molecule has 0 amide bonds. The summed E-state index contributed by atoms with van der Waals surface area (Å²) in [6, 6.07) is 46.4. The van der Waals surface area contributed by atoms with E-state index < -0.39 is 70.6 Å². The van der Waals surface area contributed by atoms with Gasteiger partial charge in [-0.05, 0) is 349 Å². The summed E-state index contributed by atoms with van der Waals surface area (Å²) >= 11 is 0. The van der Waals surface area contributed by atoms with Gasteiger partial charge in [-0.25, -0.2) is 27.4 Å². The van der Waals surface area contributed by atoms with Crippen molar-refractivity contribution in [1.29, 1.82) is 0 Å². The Morgan fingerprint density at radius 2 is 0.741 bits per heavy atom. The molecule has 4 atom stereocenters. The van der Waals surface area contributed by atoms with Gasteiger partial charge in [-0.15, -0.1) is 0 Å². The van der Waals surface area contributed by atoms with Crippen LogP contribution in [0.2, 0.25) is 0 Å². The van der Waals surface area contributed by atoms with E-state index in [-0.39, 0.29) is 17.9 Å². The van der Waals surface area contributed by atoms with Gasteiger partial charge in [0.1, 0.15) is 42.3 Å². The Labute approximate surface area is 727 Å². The van der Waals surface area contributed by atoms with Crippen LogP contribution in [0.1, 0.15) is 278 Å². The fraction of sp³-hybridized carbons (Fsp3) is 0.400. The molecule has 24 rings (SSSR count). The normalized spacial score (nSPS) is 27.2. The Bertz CT molecular complexity index is 6890. The summed E-state index contributed by atoms with van der Waals surface area (Å²) in [6.07, 6.45) is 18.7. The molecule has 12 aromatic rings. The van der Waals surface area contributed by atoms with Gasteiger partial charge in [-0.1, -0.05) is 106 Å². The van der Waals surface area contributed by atoms with Crippen molar-refractivity contribution in [3.05, 3.63) is 316 Å². The van der Waals surface area contributed by atoms with Crippen molar-refractivity contribution in [2.45, 2.75) is 234 Å². The van der Waals surface area contributed by atoms with Gasteiger partial charge in [0.2, 0.25) is 34.2 Å². The molecule has 116 heavy (non-hydrogen) atoms. The van der Waals surface area contributed by atoms with E-state index in [1.807, 2.05) is 105 Å². The van der Waals surface area contributed by atoms with Crippen molar-refractivity contribution in [3.8, 4) is 67.5 Å². The molecule has 0 N–H and O–H groups in total. The Kier molecular flexibility index (Phi) is 15.5. The second-order valence-electron chi connectivity index (χ2n) is 35.0. The smallest absolute Gasteiger partial charge is 0.201 e. The molecule has 0 radical (unpaired) electrons. The number of hydrogen-bond donors (Lipinski definition) is 0. The molecule has 592 valence electrons. The third kappa shape index (κ3) is 15.6. The third-order valence-electron chi connectivity index (χ3n) is 26.7. The summed E-state index contributed by atoms with van der Waals surface area (Å²) in [5.41, 5.74) is 34.8. The summed E-state index contributed by atoms with van der Waals surface area (Å²) in [6.45, 7) is 7.73. The lowest BCUT2D eigenvalue weighted by molar-refractivity contribution is -0.661. The molecule has 6 aromatic heterocycles. The highest BCUT2D eigenvalue weighted by molar-refractivity contribution is 5.70. The van der Waals surface area contributed by atoms with Crippen LogP contribution in [0, 0.1) is 94.6 Å². The van der Waals surface area contributed by atoms with Crippen molar-refractivity contribution in [2.75, 3.05) is 0 Å². The van der Waals surface area contributed by atoms with E-state index in [9.17, 15) is 0 Å². The molecular formula is C110H128N6+6. The van der Waals surface area contributed by atoms with E-state index in [2.05, 4.69) is 118 Å². The predicted octanol–water partition coefficient (Wildman–Crippen LogP) is 22.6. The van der Waals surface area contributed by atoms with Crippen molar-refractivity contribution >= 4 is 0 Å². The van der Waals surface area contributed by atoms with Gasteiger partial charge in [0, 0.05) is 135 Å². The lowest BCUT2D eigenvalue weighted by Crippen LogP contribution is -2.37. The first kappa shape index (κ1) is 55.8. The zero-order chi connectivity index (χ0) is 101. The molecule has 4 saturated carbocycles. The van der Waals surface area contributed by atoms with E-state index in [0.29, 0.717) is 70.3 Å². The first-order valence-electron chi connectivity index (χ1n) is 53.5. The number of nitrogens with zero attached hydrogens (tertiary/aromatic N) is 6. The van der Waals surface area contributed by atoms with E-state index in [1.54, 1.807) is 102 Å². The first-order valence-corrected chi connectivity index (χ1v) is 42.0. The fourth-order valence-electron chi connectivity index (χ4n) is 20.5. The third-order valence-corrected chi connectivity index (χ3v) is 26.7. The molecule has 6 heteroatoms. The van der Waals surface area contributed by atoms with Gasteiger partial charge in [0.25, 0.3) is 0 Å². The Morgan fingerprint density at radius 3 is 1.28 bits per heavy atom. The Morgan fingerprint density at radius 1 is 0.310 bits per heavy atom. The second-order valence-corrected chi connectivity index (χ2v) is 35.0. The molecule has 12 aliphatic rings.